The Morgan fingerprint density at radius 3 is 2.57 bits per heavy atom. The number of halogens is 1. The second kappa shape index (κ2) is 10.6. The van der Waals surface area contributed by atoms with Gasteiger partial charge in [-0.3, -0.25) is 9.52 Å². The minimum absolute atomic E-state index is 0.00778. The summed E-state index contributed by atoms with van der Waals surface area (Å²) in [7, 11) is -3.90. The zero-order valence-electron chi connectivity index (χ0n) is 18.7. The molecule has 180 valence electrons. The van der Waals surface area contributed by atoms with Gasteiger partial charge in [0.05, 0.1) is 15.7 Å². The number of nitrogens with zero attached hydrogens (tertiary/aromatic N) is 4. The monoisotopic (exact) mass is 528 g/mol. The molecule has 0 spiro atoms. The zero-order chi connectivity index (χ0) is 25.0. The first-order chi connectivity index (χ1) is 16.7. The normalized spacial score (nSPS) is 13.9. The number of amides is 1. The van der Waals surface area contributed by atoms with Crippen LogP contribution >= 0.6 is 23.4 Å². The number of hydrogen-bond donors (Lipinski definition) is 2. The van der Waals surface area contributed by atoms with Gasteiger partial charge in [0.15, 0.2) is 11.0 Å². The summed E-state index contributed by atoms with van der Waals surface area (Å²) in [5.74, 6) is -0.256. The van der Waals surface area contributed by atoms with Crippen LogP contribution < -0.4 is 10.0 Å². The van der Waals surface area contributed by atoms with Gasteiger partial charge in [0.1, 0.15) is 11.1 Å². The Morgan fingerprint density at radius 2 is 1.89 bits per heavy atom. The molecule has 35 heavy (non-hydrogen) atoms. The Bertz CT molecular complexity index is 1390. The molecule has 0 fully saturated rings. The Balaban J connectivity index is 1.41. The van der Waals surface area contributed by atoms with E-state index in [2.05, 4.69) is 31.3 Å². The number of nitrogens with one attached hydrogen (secondary N) is 2. The number of anilines is 2. The van der Waals surface area contributed by atoms with Crippen LogP contribution in [0.3, 0.4) is 0 Å². The molecule has 1 aromatic carbocycles. The van der Waals surface area contributed by atoms with Crippen molar-refractivity contribution in [1.82, 2.24) is 15.2 Å². The van der Waals surface area contributed by atoms with Crippen LogP contribution in [0.25, 0.3) is 0 Å². The van der Waals surface area contributed by atoms with Gasteiger partial charge in [-0.15, -0.1) is 10.2 Å². The lowest BCUT2D eigenvalue weighted by molar-refractivity contribution is -0.115. The van der Waals surface area contributed by atoms with Crippen molar-refractivity contribution in [2.75, 3.05) is 10.0 Å². The highest BCUT2D eigenvalue weighted by molar-refractivity contribution is 8.00. The van der Waals surface area contributed by atoms with Crippen molar-refractivity contribution in [3.63, 3.8) is 0 Å². The summed E-state index contributed by atoms with van der Waals surface area (Å²) < 4.78 is 27.4. The largest absolute Gasteiger partial charge is 0.325 e. The highest BCUT2D eigenvalue weighted by atomic mass is 35.5. The summed E-state index contributed by atoms with van der Waals surface area (Å²) in [6.07, 6.45) is 3.97. The van der Waals surface area contributed by atoms with E-state index in [1.165, 1.54) is 48.2 Å². The molecule has 2 N–H and O–H groups in total. The SMILES string of the molecule is CC(Sc1nc2c(cc1C#N)CCCC2)C(=O)Nc1ccc(S(=O)(=O)Nc2ccc(Cl)nn2)cc1. The fourth-order valence-corrected chi connectivity index (χ4v) is 5.53. The van der Waals surface area contributed by atoms with E-state index >= 15 is 0 Å². The van der Waals surface area contributed by atoms with Gasteiger partial charge in [0.25, 0.3) is 10.0 Å². The fraction of sp³-hybridized carbons (Fsp3) is 0.261. The van der Waals surface area contributed by atoms with Crippen LogP contribution in [0.5, 0.6) is 0 Å². The predicted octanol–water partition coefficient (Wildman–Crippen LogP) is 4.20. The molecule has 9 nitrogen and oxygen atoms in total. The maximum atomic E-state index is 12.8. The standard InChI is InChI=1S/C23H21ClN6O3S2/c1-14(34-23-16(13-25)12-15-4-2-3-5-19(15)27-23)22(31)26-17-6-8-18(9-7-17)35(32,33)30-21-11-10-20(24)28-29-21/h6-12,14H,2-5H2,1H3,(H,26,31)(H,29,30). The molecule has 1 amide bonds. The van der Waals surface area contributed by atoms with E-state index in [0.717, 1.165) is 36.9 Å². The van der Waals surface area contributed by atoms with Gasteiger partial charge in [-0.25, -0.2) is 13.4 Å². The summed E-state index contributed by atoms with van der Waals surface area (Å²) >= 11 is 6.90. The van der Waals surface area contributed by atoms with E-state index < -0.39 is 15.3 Å². The van der Waals surface area contributed by atoms with Gasteiger partial charge in [0.2, 0.25) is 5.91 Å². The minimum atomic E-state index is -3.90. The number of rotatable bonds is 7. The molecule has 0 aliphatic heterocycles. The number of thioether (sulfide) groups is 1. The number of nitriles is 1. The molecule has 0 saturated heterocycles. The van der Waals surface area contributed by atoms with Crippen molar-refractivity contribution in [2.24, 2.45) is 0 Å². The predicted molar refractivity (Wildman–Crippen MR) is 134 cm³/mol. The topological polar surface area (TPSA) is 138 Å². The van der Waals surface area contributed by atoms with Gasteiger partial charge in [-0.1, -0.05) is 23.4 Å². The lowest BCUT2D eigenvalue weighted by Gasteiger charge is -2.18. The van der Waals surface area contributed by atoms with Gasteiger partial charge >= 0.3 is 0 Å². The van der Waals surface area contributed by atoms with Crippen molar-refractivity contribution in [2.45, 2.75) is 47.8 Å². The molecule has 0 radical (unpaired) electrons. The highest BCUT2D eigenvalue weighted by Gasteiger charge is 2.21. The molecule has 0 bridgehead atoms. The first-order valence-corrected chi connectivity index (χ1v) is 13.5. The molecular weight excluding hydrogens is 508 g/mol. The highest BCUT2D eigenvalue weighted by Crippen LogP contribution is 2.30. The minimum Gasteiger partial charge on any atom is -0.325 e. The van der Waals surface area contributed by atoms with Gasteiger partial charge in [-0.2, -0.15) is 5.26 Å². The summed E-state index contributed by atoms with van der Waals surface area (Å²) in [6.45, 7) is 1.73. The first kappa shape index (κ1) is 24.9. The number of aryl methyl sites for hydroxylation is 2. The number of aromatic nitrogens is 3. The molecule has 1 aliphatic carbocycles. The molecule has 2 aromatic heterocycles. The Morgan fingerprint density at radius 1 is 1.14 bits per heavy atom. The lowest BCUT2D eigenvalue weighted by atomic mass is 9.95. The third kappa shape index (κ3) is 6.08. The average Bonchev–Trinajstić information content (AvgIpc) is 2.85. The summed E-state index contributed by atoms with van der Waals surface area (Å²) in [4.78, 5) is 17.4. The zero-order valence-corrected chi connectivity index (χ0v) is 21.0. The second-order valence-corrected chi connectivity index (χ2v) is 11.3. The summed E-state index contributed by atoms with van der Waals surface area (Å²) in [6, 6.07) is 12.6. The summed E-state index contributed by atoms with van der Waals surface area (Å²) in [5.41, 5.74) is 3.02. The third-order valence-electron chi connectivity index (χ3n) is 5.35. The number of benzene rings is 1. The van der Waals surface area contributed by atoms with E-state index in [1.807, 2.05) is 6.07 Å². The second-order valence-electron chi connectivity index (χ2n) is 7.89. The molecule has 4 rings (SSSR count). The number of fused-ring (bicyclic) bond motifs is 1. The van der Waals surface area contributed by atoms with Crippen molar-refractivity contribution < 1.29 is 13.2 Å². The maximum Gasteiger partial charge on any atom is 0.263 e. The Kier molecular flexibility index (Phi) is 7.54. The number of carbonyl (C=O) groups is 1. The number of hydrogen-bond acceptors (Lipinski definition) is 8. The van der Waals surface area contributed by atoms with Crippen LogP contribution in [-0.2, 0) is 27.7 Å². The Hall–Kier alpha value is -3.20. The van der Waals surface area contributed by atoms with E-state index in [4.69, 9.17) is 11.6 Å². The maximum absolute atomic E-state index is 12.8. The van der Waals surface area contributed by atoms with Crippen molar-refractivity contribution in [3.8, 4) is 6.07 Å². The van der Waals surface area contributed by atoms with Crippen molar-refractivity contribution >= 4 is 50.8 Å². The molecule has 1 unspecified atom stereocenters. The third-order valence-corrected chi connectivity index (χ3v) is 8.02. The van der Waals surface area contributed by atoms with Crippen molar-refractivity contribution in [1.29, 1.82) is 5.26 Å². The van der Waals surface area contributed by atoms with E-state index in [0.29, 0.717) is 16.3 Å². The van der Waals surface area contributed by atoms with Crippen LogP contribution in [0.1, 0.15) is 36.6 Å². The first-order valence-electron chi connectivity index (χ1n) is 10.8. The van der Waals surface area contributed by atoms with Crippen LogP contribution in [-0.4, -0.2) is 34.8 Å². The lowest BCUT2D eigenvalue weighted by Crippen LogP contribution is -2.23. The molecule has 1 aliphatic rings. The number of sulfonamides is 1. The molecule has 2 heterocycles. The van der Waals surface area contributed by atoms with Crippen LogP contribution in [0.15, 0.2) is 52.4 Å². The van der Waals surface area contributed by atoms with E-state index in [1.54, 1.807) is 6.92 Å². The smallest absolute Gasteiger partial charge is 0.263 e. The van der Waals surface area contributed by atoms with Gasteiger partial charge < -0.3 is 5.32 Å². The molecular formula is C23H21ClN6O3S2. The van der Waals surface area contributed by atoms with Gasteiger partial charge in [0, 0.05) is 11.4 Å². The van der Waals surface area contributed by atoms with Crippen LogP contribution in [0, 0.1) is 11.3 Å². The van der Waals surface area contributed by atoms with E-state index in [9.17, 15) is 18.5 Å². The number of carbonyl (C=O) groups excluding carboxylic acids is 1. The van der Waals surface area contributed by atoms with Gasteiger partial charge in [-0.05, 0) is 80.6 Å². The Labute approximate surface area is 212 Å². The van der Waals surface area contributed by atoms with Crippen LogP contribution in [0.4, 0.5) is 11.5 Å². The molecule has 3 aromatic rings. The summed E-state index contributed by atoms with van der Waals surface area (Å²) in [5, 5.41) is 19.8. The number of pyridine rings is 1. The molecule has 0 saturated carbocycles. The quantitative estimate of drug-likeness (QED) is 0.435. The average molecular weight is 529 g/mol. The fourth-order valence-electron chi connectivity index (χ4n) is 3.53. The molecule has 1 atom stereocenters. The molecule has 12 heteroatoms. The van der Waals surface area contributed by atoms with E-state index in [-0.39, 0.29) is 21.8 Å². The van der Waals surface area contributed by atoms with Crippen LogP contribution in [0.2, 0.25) is 5.15 Å². The van der Waals surface area contributed by atoms with Crippen molar-refractivity contribution in [3.05, 3.63) is 64.4 Å².